The van der Waals surface area contributed by atoms with Gasteiger partial charge in [-0.1, -0.05) is 113 Å². The highest BCUT2D eigenvalue weighted by molar-refractivity contribution is 6.90. The van der Waals surface area contributed by atoms with Crippen molar-refractivity contribution in [3.05, 3.63) is 77.7 Å². The quantitative estimate of drug-likeness (QED) is 0.513. The Labute approximate surface area is 155 Å². The molecule has 0 unspecified atom stereocenters. The van der Waals surface area contributed by atoms with Crippen LogP contribution in [0.25, 0.3) is 0 Å². The molecule has 2 aromatic rings. The van der Waals surface area contributed by atoms with E-state index in [0.717, 1.165) is 6.42 Å². The molecule has 0 nitrogen and oxygen atoms in total. The number of hydrogen-bond acceptors (Lipinski definition) is 0. The highest BCUT2D eigenvalue weighted by Crippen LogP contribution is 2.26. The van der Waals surface area contributed by atoms with E-state index in [1.807, 2.05) is 0 Å². The summed E-state index contributed by atoms with van der Waals surface area (Å²) in [5, 5.41) is 4.34. The smallest absolute Gasteiger partial charge is 0.129 e. The van der Waals surface area contributed by atoms with Gasteiger partial charge in [0.25, 0.3) is 0 Å². The first-order chi connectivity index (χ1) is 11.7. The Morgan fingerprint density at radius 2 is 1.24 bits per heavy atom. The van der Waals surface area contributed by atoms with Gasteiger partial charge in [0.15, 0.2) is 8.80 Å². The number of rotatable bonds is 4. The molecule has 0 aliphatic heterocycles. The Kier molecular flexibility index (Phi) is 6.27. The Hall–Kier alpha value is -1.82. The second kappa shape index (κ2) is 8.04. The molecule has 0 saturated carbocycles. The third-order valence-corrected chi connectivity index (χ3v) is 6.56. The molecule has 2 rings (SSSR count). The standard InChI is InChI=1S/C24H31Si/c1-23(2,3)18-17-22(19-24(4,5)6)25(20-13-9-7-10-14-20)21-15-11-8-12-16-21/h7-16,18H,19H2,1-6H3. The van der Waals surface area contributed by atoms with E-state index in [1.165, 1.54) is 15.6 Å². The molecule has 0 aliphatic rings. The highest BCUT2D eigenvalue weighted by Gasteiger charge is 2.25. The van der Waals surface area contributed by atoms with E-state index >= 15 is 0 Å². The van der Waals surface area contributed by atoms with Gasteiger partial charge in [0.2, 0.25) is 0 Å². The fourth-order valence-corrected chi connectivity index (χ4v) is 5.78. The molecule has 0 aliphatic carbocycles. The molecule has 25 heavy (non-hydrogen) atoms. The van der Waals surface area contributed by atoms with Gasteiger partial charge >= 0.3 is 0 Å². The predicted molar refractivity (Wildman–Crippen MR) is 113 cm³/mol. The Balaban J connectivity index is 2.63. The monoisotopic (exact) mass is 347 g/mol. The van der Waals surface area contributed by atoms with Crippen LogP contribution in [-0.2, 0) is 0 Å². The van der Waals surface area contributed by atoms with Gasteiger partial charge in [0.1, 0.15) is 0 Å². The summed E-state index contributed by atoms with van der Waals surface area (Å²) in [5.74, 6) is 0. The molecule has 0 aromatic heterocycles. The lowest BCUT2D eigenvalue weighted by Gasteiger charge is -2.25. The number of allylic oxidation sites excluding steroid dienone is 1. The second-order valence-electron chi connectivity index (χ2n) is 8.98. The summed E-state index contributed by atoms with van der Waals surface area (Å²) in [4.78, 5) is 0. The first-order valence-corrected chi connectivity index (χ1v) is 10.6. The Morgan fingerprint density at radius 3 is 1.60 bits per heavy atom. The molecule has 131 valence electrons. The van der Waals surface area contributed by atoms with Crippen molar-refractivity contribution in [2.75, 3.05) is 0 Å². The maximum Gasteiger partial charge on any atom is 0.159 e. The van der Waals surface area contributed by atoms with Crippen LogP contribution in [0, 0.1) is 10.8 Å². The van der Waals surface area contributed by atoms with E-state index in [9.17, 15) is 0 Å². The maximum absolute atomic E-state index is 3.75. The van der Waals surface area contributed by atoms with Crippen LogP contribution >= 0.6 is 0 Å². The summed E-state index contributed by atoms with van der Waals surface area (Å²) < 4.78 is 0. The third kappa shape index (κ3) is 6.53. The highest BCUT2D eigenvalue weighted by atomic mass is 28.3. The minimum Gasteiger partial charge on any atom is -0.129 e. The lowest BCUT2D eigenvalue weighted by atomic mass is 9.91. The van der Waals surface area contributed by atoms with Crippen LogP contribution in [0.4, 0.5) is 0 Å². The van der Waals surface area contributed by atoms with E-state index in [-0.39, 0.29) is 10.8 Å². The Morgan fingerprint density at radius 1 is 0.800 bits per heavy atom. The number of hydrogen-bond donors (Lipinski definition) is 0. The molecule has 1 heteroatoms. The van der Waals surface area contributed by atoms with Crippen LogP contribution in [0.1, 0.15) is 48.0 Å². The SMILES string of the molecule is CC(C)(C)C=C=C(CC(C)(C)C)[Si](c1ccccc1)c1ccccc1. The molecule has 2 aromatic carbocycles. The average molecular weight is 348 g/mol. The zero-order valence-electron chi connectivity index (χ0n) is 16.6. The van der Waals surface area contributed by atoms with E-state index in [1.54, 1.807) is 0 Å². The summed E-state index contributed by atoms with van der Waals surface area (Å²) in [6, 6.07) is 22.0. The molecule has 0 saturated heterocycles. The lowest BCUT2D eigenvalue weighted by molar-refractivity contribution is 0.416. The molecule has 0 fully saturated rings. The molecule has 0 bridgehead atoms. The van der Waals surface area contributed by atoms with Gasteiger partial charge in [-0.3, -0.25) is 0 Å². The van der Waals surface area contributed by atoms with Gasteiger partial charge in [-0.05, 0) is 28.5 Å². The fourth-order valence-electron chi connectivity index (χ4n) is 2.77. The molecule has 0 atom stereocenters. The third-order valence-electron chi connectivity index (χ3n) is 3.81. The van der Waals surface area contributed by atoms with Gasteiger partial charge < -0.3 is 0 Å². The molecule has 0 heterocycles. The van der Waals surface area contributed by atoms with Gasteiger partial charge in [0.05, 0.1) is 0 Å². The van der Waals surface area contributed by atoms with Crippen LogP contribution < -0.4 is 10.4 Å². The summed E-state index contributed by atoms with van der Waals surface area (Å²) in [5.41, 5.74) is 4.14. The summed E-state index contributed by atoms with van der Waals surface area (Å²) >= 11 is 0. The van der Waals surface area contributed by atoms with Crippen molar-refractivity contribution in [3.8, 4) is 0 Å². The van der Waals surface area contributed by atoms with Crippen LogP contribution in [-0.4, -0.2) is 8.80 Å². The maximum atomic E-state index is 3.75. The van der Waals surface area contributed by atoms with Crippen LogP contribution in [0.15, 0.2) is 77.7 Å². The second-order valence-corrected chi connectivity index (χ2v) is 11.5. The molecule has 0 spiro atoms. The van der Waals surface area contributed by atoms with Crippen molar-refractivity contribution in [1.29, 1.82) is 0 Å². The first-order valence-electron chi connectivity index (χ1n) is 9.11. The van der Waals surface area contributed by atoms with Crippen molar-refractivity contribution < 1.29 is 0 Å². The Bertz CT molecular complexity index is 682. The molecule has 0 amide bonds. The normalized spacial score (nSPS) is 12.0. The average Bonchev–Trinajstić information content (AvgIpc) is 2.53. The van der Waals surface area contributed by atoms with E-state index in [4.69, 9.17) is 0 Å². The molecule has 0 N–H and O–H groups in total. The minimum absolute atomic E-state index is 0.142. The van der Waals surface area contributed by atoms with Gasteiger partial charge in [-0.2, -0.15) is 0 Å². The van der Waals surface area contributed by atoms with Crippen molar-refractivity contribution in [3.63, 3.8) is 0 Å². The van der Waals surface area contributed by atoms with Crippen molar-refractivity contribution >= 4 is 19.2 Å². The molecular weight excluding hydrogens is 316 g/mol. The van der Waals surface area contributed by atoms with E-state index in [0.29, 0.717) is 0 Å². The molecule has 1 radical (unpaired) electrons. The summed E-state index contributed by atoms with van der Waals surface area (Å²) in [6.45, 7) is 13.7. The van der Waals surface area contributed by atoms with Gasteiger partial charge in [-0.15, -0.1) is 5.73 Å². The predicted octanol–water partition coefficient (Wildman–Crippen LogP) is 5.40. The number of benzene rings is 2. The largest absolute Gasteiger partial charge is 0.159 e. The van der Waals surface area contributed by atoms with Crippen LogP contribution in [0.5, 0.6) is 0 Å². The molecular formula is C24H31Si. The van der Waals surface area contributed by atoms with Gasteiger partial charge in [0, 0.05) is 0 Å². The van der Waals surface area contributed by atoms with Crippen molar-refractivity contribution in [1.82, 2.24) is 0 Å². The summed E-state index contributed by atoms with van der Waals surface area (Å²) in [6.07, 6.45) is 3.32. The van der Waals surface area contributed by atoms with E-state index < -0.39 is 8.80 Å². The summed E-state index contributed by atoms with van der Waals surface area (Å²) in [7, 11) is -1.02. The zero-order chi connectivity index (χ0) is 18.5. The van der Waals surface area contributed by atoms with Crippen molar-refractivity contribution in [2.45, 2.75) is 48.0 Å². The zero-order valence-corrected chi connectivity index (χ0v) is 17.6. The lowest BCUT2D eigenvalue weighted by Crippen LogP contribution is -2.44. The van der Waals surface area contributed by atoms with E-state index in [2.05, 4.69) is 114 Å². The van der Waals surface area contributed by atoms with Crippen molar-refractivity contribution in [2.24, 2.45) is 10.8 Å². The topological polar surface area (TPSA) is 0 Å². The first kappa shape index (κ1) is 19.5. The van der Waals surface area contributed by atoms with Gasteiger partial charge in [-0.25, -0.2) is 0 Å². The van der Waals surface area contributed by atoms with Crippen LogP contribution in [0.3, 0.4) is 0 Å². The van der Waals surface area contributed by atoms with Crippen LogP contribution in [0.2, 0.25) is 0 Å². The fraction of sp³-hybridized carbons (Fsp3) is 0.375. The minimum atomic E-state index is -1.02.